The molecule has 4 heteroatoms. The van der Waals surface area contributed by atoms with Gasteiger partial charge in [-0.15, -0.1) is 0 Å². The van der Waals surface area contributed by atoms with Crippen molar-refractivity contribution in [3.63, 3.8) is 0 Å². The predicted molar refractivity (Wildman–Crippen MR) is 56.1 cm³/mol. The molecule has 2 radical (unpaired) electrons. The molecule has 0 bridgehead atoms. The topological polar surface area (TPSA) is 9.23 Å². The van der Waals surface area contributed by atoms with E-state index in [0.29, 0.717) is 12.8 Å². The monoisotopic (exact) mass is 210 g/mol. The van der Waals surface area contributed by atoms with Crippen molar-refractivity contribution in [2.45, 2.75) is 32.2 Å². The highest BCUT2D eigenvalue weighted by molar-refractivity contribution is 6.14. The van der Waals surface area contributed by atoms with Gasteiger partial charge in [-0.25, -0.2) is 8.78 Å². The number of ether oxygens (including phenoxy) is 1. The highest BCUT2D eigenvalue weighted by atomic mass is 19.1. The average Bonchev–Trinajstić information content (AvgIpc) is 2.22. The summed E-state index contributed by atoms with van der Waals surface area (Å²) < 4.78 is 31.2. The number of hydrogen-bond donors (Lipinski definition) is 0. The number of rotatable bonds is 4. The third kappa shape index (κ3) is 2.95. The summed E-state index contributed by atoms with van der Waals surface area (Å²) in [6.45, 7) is 3.70. The molecule has 0 saturated carbocycles. The second-order valence-corrected chi connectivity index (χ2v) is 3.45. The molecule has 0 unspecified atom stereocenters. The summed E-state index contributed by atoms with van der Waals surface area (Å²) in [5.41, 5.74) is -0.890. The molecule has 1 rings (SSSR count). The van der Waals surface area contributed by atoms with E-state index in [-0.39, 0.29) is 5.75 Å². The summed E-state index contributed by atoms with van der Waals surface area (Å²) >= 11 is 0. The van der Waals surface area contributed by atoms with Gasteiger partial charge < -0.3 is 4.74 Å². The van der Waals surface area contributed by atoms with Crippen LogP contribution in [0.4, 0.5) is 8.78 Å². The van der Waals surface area contributed by atoms with E-state index in [1.165, 1.54) is 6.07 Å². The Morgan fingerprint density at radius 3 is 2.33 bits per heavy atom. The van der Waals surface area contributed by atoms with Crippen molar-refractivity contribution < 1.29 is 13.5 Å². The lowest BCUT2D eigenvalue weighted by Crippen LogP contribution is -2.35. The van der Waals surface area contributed by atoms with Gasteiger partial charge >= 0.3 is 0 Å². The number of hydrogen-bond acceptors (Lipinski definition) is 1. The van der Waals surface area contributed by atoms with Crippen molar-refractivity contribution in [3.05, 3.63) is 29.8 Å². The molecule has 1 aromatic carbocycles. The standard InChI is InChI=1S/C11H13BF2O/c1-3-11(12,4-2)15-10-6-5-8(13)7-9(10)14/h5-7H,3-4H2,1-2H3. The third-order valence-corrected chi connectivity index (χ3v) is 2.40. The molecule has 0 heterocycles. The van der Waals surface area contributed by atoms with Gasteiger partial charge in [0, 0.05) is 6.07 Å². The maximum atomic E-state index is 13.2. The summed E-state index contributed by atoms with van der Waals surface area (Å²) in [7, 11) is 5.85. The molecule has 0 aromatic heterocycles. The van der Waals surface area contributed by atoms with Gasteiger partial charge in [-0.3, -0.25) is 0 Å². The average molecular weight is 210 g/mol. The zero-order valence-corrected chi connectivity index (χ0v) is 8.89. The van der Waals surface area contributed by atoms with Crippen LogP contribution < -0.4 is 4.74 Å². The van der Waals surface area contributed by atoms with Gasteiger partial charge in [0.1, 0.15) is 13.7 Å². The number of benzene rings is 1. The maximum Gasteiger partial charge on any atom is 0.167 e. The van der Waals surface area contributed by atoms with E-state index in [9.17, 15) is 8.78 Å². The molecular formula is C11H13BF2O. The van der Waals surface area contributed by atoms with Crippen LogP contribution >= 0.6 is 0 Å². The summed E-state index contributed by atoms with van der Waals surface area (Å²) in [4.78, 5) is 0. The molecule has 0 aliphatic carbocycles. The van der Waals surface area contributed by atoms with Gasteiger partial charge in [0.2, 0.25) is 0 Å². The van der Waals surface area contributed by atoms with E-state index < -0.39 is 17.1 Å². The Kier molecular flexibility index (Phi) is 3.72. The summed E-state index contributed by atoms with van der Waals surface area (Å²) in [6.07, 6.45) is 1.11. The molecule has 0 aliphatic heterocycles. The Labute approximate surface area is 89.9 Å². The van der Waals surface area contributed by atoms with Gasteiger partial charge in [0.15, 0.2) is 11.6 Å². The van der Waals surface area contributed by atoms with Crippen LogP contribution in [0.2, 0.25) is 0 Å². The lowest BCUT2D eigenvalue weighted by molar-refractivity contribution is 0.140. The highest BCUT2D eigenvalue weighted by Gasteiger charge is 2.22. The van der Waals surface area contributed by atoms with Gasteiger partial charge in [-0.1, -0.05) is 13.8 Å². The van der Waals surface area contributed by atoms with E-state index in [4.69, 9.17) is 12.6 Å². The molecule has 15 heavy (non-hydrogen) atoms. The smallest absolute Gasteiger partial charge is 0.167 e. The zero-order valence-electron chi connectivity index (χ0n) is 8.89. The Hall–Kier alpha value is -1.06. The fraction of sp³-hybridized carbons (Fsp3) is 0.455. The molecule has 0 saturated heterocycles. The van der Waals surface area contributed by atoms with Crippen molar-refractivity contribution >= 4 is 7.85 Å². The fourth-order valence-corrected chi connectivity index (χ4v) is 1.17. The summed E-state index contributed by atoms with van der Waals surface area (Å²) in [5.74, 6) is -1.37. The van der Waals surface area contributed by atoms with E-state index >= 15 is 0 Å². The Morgan fingerprint density at radius 2 is 1.87 bits per heavy atom. The van der Waals surface area contributed by atoms with Crippen molar-refractivity contribution in [3.8, 4) is 5.75 Å². The molecule has 80 valence electrons. The van der Waals surface area contributed by atoms with Gasteiger partial charge in [-0.05, 0) is 25.0 Å². The van der Waals surface area contributed by atoms with Gasteiger partial charge in [0.25, 0.3) is 0 Å². The fourth-order valence-electron chi connectivity index (χ4n) is 1.17. The number of halogens is 2. The normalized spacial score (nSPS) is 11.5. The van der Waals surface area contributed by atoms with E-state index in [1.54, 1.807) is 0 Å². The molecule has 0 fully saturated rings. The molecule has 0 spiro atoms. The minimum atomic E-state index is -0.890. The van der Waals surface area contributed by atoms with Crippen molar-refractivity contribution in [1.82, 2.24) is 0 Å². The van der Waals surface area contributed by atoms with E-state index in [0.717, 1.165) is 12.1 Å². The summed E-state index contributed by atoms with van der Waals surface area (Å²) in [5, 5.41) is 0. The largest absolute Gasteiger partial charge is 0.494 e. The van der Waals surface area contributed by atoms with Crippen molar-refractivity contribution in [2.75, 3.05) is 0 Å². The zero-order chi connectivity index (χ0) is 11.5. The molecule has 0 aliphatic rings. The SMILES string of the molecule is [B]C(CC)(CC)Oc1ccc(F)cc1F. The second-order valence-electron chi connectivity index (χ2n) is 3.45. The lowest BCUT2D eigenvalue weighted by atomic mass is 9.77. The molecule has 1 aromatic rings. The van der Waals surface area contributed by atoms with Crippen LogP contribution in [0.1, 0.15) is 26.7 Å². The molecule has 1 nitrogen and oxygen atoms in total. The van der Waals surface area contributed by atoms with Crippen molar-refractivity contribution in [1.29, 1.82) is 0 Å². The molecule has 0 N–H and O–H groups in total. The lowest BCUT2D eigenvalue weighted by Gasteiger charge is -2.29. The first kappa shape index (κ1) is 12.0. The molecule has 0 atom stereocenters. The van der Waals surface area contributed by atoms with Gasteiger partial charge in [0.05, 0.1) is 5.50 Å². The van der Waals surface area contributed by atoms with Crippen LogP contribution in [0.15, 0.2) is 18.2 Å². The minimum Gasteiger partial charge on any atom is -0.494 e. The van der Waals surface area contributed by atoms with E-state index in [2.05, 4.69) is 0 Å². The Balaban J connectivity index is 2.89. The maximum absolute atomic E-state index is 13.2. The van der Waals surface area contributed by atoms with Crippen LogP contribution in [0.25, 0.3) is 0 Å². The van der Waals surface area contributed by atoms with Crippen molar-refractivity contribution in [2.24, 2.45) is 0 Å². The van der Waals surface area contributed by atoms with Crippen LogP contribution in [0.5, 0.6) is 5.75 Å². The summed E-state index contributed by atoms with van der Waals surface area (Å²) in [6, 6.07) is 3.17. The van der Waals surface area contributed by atoms with Crippen LogP contribution in [-0.4, -0.2) is 13.3 Å². The first-order chi connectivity index (χ1) is 7.00. The predicted octanol–water partition coefficient (Wildman–Crippen LogP) is 3.03. The first-order valence-electron chi connectivity index (χ1n) is 4.93. The van der Waals surface area contributed by atoms with Gasteiger partial charge in [-0.2, -0.15) is 0 Å². The Bertz CT molecular complexity index is 337. The van der Waals surface area contributed by atoms with E-state index in [1.807, 2.05) is 13.8 Å². The molecule has 0 amide bonds. The van der Waals surface area contributed by atoms with Crippen LogP contribution in [0, 0.1) is 11.6 Å². The minimum absolute atomic E-state index is 0.0115. The third-order valence-electron chi connectivity index (χ3n) is 2.40. The van der Waals surface area contributed by atoms with Crippen LogP contribution in [0.3, 0.4) is 0 Å². The highest BCUT2D eigenvalue weighted by Crippen LogP contribution is 2.25. The molecular weight excluding hydrogens is 197 g/mol. The second kappa shape index (κ2) is 4.64. The Morgan fingerprint density at radius 1 is 1.27 bits per heavy atom. The van der Waals surface area contributed by atoms with Crippen LogP contribution in [-0.2, 0) is 0 Å². The quantitative estimate of drug-likeness (QED) is 0.694. The first-order valence-corrected chi connectivity index (χ1v) is 4.93.